The van der Waals surface area contributed by atoms with Crippen molar-refractivity contribution in [1.82, 2.24) is 9.55 Å². The minimum absolute atomic E-state index is 0.0369. The Labute approximate surface area is 166 Å². The zero-order valence-corrected chi connectivity index (χ0v) is 17.5. The van der Waals surface area contributed by atoms with Crippen molar-refractivity contribution in [2.75, 3.05) is 0 Å². The highest BCUT2D eigenvalue weighted by Gasteiger charge is 2.24. The third-order valence-electron chi connectivity index (χ3n) is 5.41. The Morgan fingerprint density at radius 3 is 2.21 bits per heavy atom. The number of phenols is 1. The number of nitrogens with zero attached hydrogens (tertiary/aromatic N) is 2. The Balaban J connectivity index is 2.17. The van der Waals surface area contributed by atoms with E-state index in [4.69, 9.17) is 4.98 Å². The number of pyridine rings is 1. The normalized spacial score (nSPS) is 12.8. The van der Waals surface area contributed by atoms with Gasteiger partial charge >= 0.3 is 0 Å². The molecule has 0 spiro atoms. The molecule has 0 fully saturated rings. The molecule has 2 aromatic heterocycles. The van der Waals surface area contributed by atoms with Crippen molar-refractivity contribution in [3.8, 4) is 11.6 Å². The Kier molecular flexibility index (Phi) is 4.04. The van der Waals surface area contributed by atoms with Gasteiger partial charge in [0.25, 0.3) is 0 Å². The average Bonchev–Trinajstić information content (AvgIpc) is 2.93. The Bertz CT molecular complexity index is 1190. The zero-order chi connectivity index (χ0) is 20.3. The molecule has 0 saturated carbocycles. The third-order valence-corrected chi connectivity index (χ3v) is 5.41. The van der Waals surface area contributed by atoms with Crippen molar-refractivity contribution >= 4 is 21.8 Å². The Morgan fingerprint density at radius 1 is 0.821 bits per heavy atom. The van der Waals surface area contributed by atoms with Gasteiger partial charge in [-0.1, -0.05) is 59.7 Å². The molecule has 0 radical (unpaired) electrons. The smallest absolute Gasteiger partial charge is 0.137 e. The van der Waals surface area contributed by atoms with E-state index in [2.05, 4.69) is 82.5 Å². The molecule has 144 valence electrons. The lowest BCUT2D eigenvalue weighted by Crippen LogP contribution is -2.12. The molecule has 0 unspecified atom stereocenters. The van der Waals surface area contributed by atoms with Gasteiger partial charge in [-0.15, -0.1) is 0 Å². The summed E-state index contributed by atoms with van der Waals surface area (Å²) in [7, 11) is 0. The van der Waals surface area contributed by atoms with E-state index in [1.807, 2.05) is 18.3 Å². The summed E-state index contributed by atoms with van der Waals surface area (Å²) < 4.78 is 2.18. The van der Waals surface area contributed by atoms with Crippen molar-refractivity contribution in [2.24, 2.45) is 0 Å². The molecule has 0 atom stereocenters. The fourth-order valence-corrected chi connectivity index (χ4v) is 3.93. The lowest BCUT2D eigenvalue weighted by Gasteiger charge is -2.21. The summed E-state index contributed by atoms with van der Waals surface area (Å²) in [6.45, 7) is 13.2. The molecular formula is C25H28N2O. The number of aromatic hydroxyl groups is 1. The standard InChI is InChI=1S/C25H28N2O/c1-24(2,3)16-11-12-26-22(13-16)27-20-10-8-7-9-18(20)23-19(25(4,5)6)14-17(28)15-21(23)27/h7-15,28H,1-6H3. The van der Waals surface area contributed by atoms with E-state index in [-0.39, 0.29) is 16.6 Å². The molecule has 0 bridgehead atoms. The van der Waals surface area contributed by atoms with Gasteiger partial charge in [0.2, 0.25) is 0 Å². The van der Waals surface area contributed by atoms with E-state index in [0.717, 1.165) is 22.4 Å². The second kappa shape index (κ2) is 6.10. The molecule has 0 aliphatic heterocycles. The Hall–Kier alpha value is -2.81. The van der Waals surface area contributed by atoms with Crippen LogP contribution in [0.25, 0.3) is 27.6 Å². The highest BCUT2D eigenvalue weighted by Crippen LogP contribution is 2.40. The van der Waals surface area contributed by atoms with Crippen LogP contribution in [0.3, 0.4) is 0 Å². The number of para-hydroxylation sites is 1. The van der Waals surface area contributed by atoms with Gasteiger partial charge in [0.1, 0.15) is 11.6 Å². The molecule has 0 aliphatic rings. The molecule has 0 saturated heterocycles. The minimum Gasteiger partial charge on any atom is -0.508 e. The molecule has 2 aromatic carbocycles. The first-order chi connectivity index (χ1) is 13.1. The fraction of sp³-hybridized carbons (Fsp3) is 0.320. The molecular weight excluding hydrogens is 344 g/mol. The number of fused-ring (bicyclic) bond motifs is 3. The van der Waals surface area contributed by atoms with Gasteiger partial charge in [-0.25, -0.2) is 4.98 Å². The van der Waals surface area contributed by atoms with Gasteiger partial charge in [-0.3, -0.25) is 4.57 Å². The van der Waals surface area contributed by atoms with Gasteiger partial charge < -0.3 is 5.11 Å². The molecule has 4 rings (SSSR count). The van der Waals surface area contributed by atoms with Crippen LogP contribution in [-0.4, -0.2) is 14.7 Å². The van der Waals surface area contributed by atoms with E-state index >= 15 is 0 Å². The average molecular weight is 373 g/mol. The number of hydrogen-bond acceptors (Lipinski definition) is 2. The number of rotatable bonds is 1. The predicted octanol–water partition coefficient (Wildman–Crippen LogP) is 6.48. The molecule has 3 heteroatoms. The molecule has 0 aliphatic carbocycles. The molecule has 2 heterocycles. The first kappa shape index (κ1) is 18.5. The maximum absolute atomic E-state index is 10.5. The van der Waals surface area contributed by atoms with Gasteiger partial charge in [-0.05, 0) is 46.2 Å². The first-order valence-corrected chi connectivity index (χ1v) is 9.81. The highest BCUT2D eigenvalue weighted by molar-refractivity contribution is 6.11. The van der Waals surface area contributed by atoms with Crippen molar-refractivity contribution in [2.45, 2.75) is 52.4 Å². The summed E-state index contributed by atoms with van der Waals surface area (Å²) in [4.78, 5) is 4.70. The van der Waals surface area contributed by atoms with Crippen LogP contribution in [0.5, 0.6) is 5.75 Å². The quantitative estimate of drug-likeness (QED) is 0.415. The summed E-state index contributed by atoms with van der Waals surface area (Å²) >= 11 is 0. The highest BCUT2D eigenvalue weighted by atomic mass is 16.3. The van der Waals surface area contributed by atoms with Crippen molar-refractivity contribution in [3.63, 3.8) is 0 Å². The lowest BCUT2D eigenvalue weighted by atomic mass is 9.84. The predicted molar refractivity (Wildman–Crippen MR) is 118 cm³/mol. The van der Waals surface area contributed by atoms with Gasteiger partial charge in [0.05, 0.1) is 11.0 Å². The molecule has 1 N–H and O–H groups in total. The van der Waals surface area contributed by atoms with Crippen LogP contribution in [-0.2, 0) is 10.8 Å². The number of benzene rings is 2. The Morgan fingerprint density at radius 2 is 1.54 bits per heavy atom. The second-order valence-corrected chi connectivity index (χ2v) is 9.64. The van der Waals surface area contributed by atoms with Crippen molar-refractivity contribution in [1.29, 1.82) is 0 Å². The lowest BCUT2D eigenvalue weighted by molar-refractivity contribution is 0.472. The second-order valence-electron chi connectivity index (χ2n) is 9.64. The summed E-state index contributed by atoms with van der Waals surface area (Å²) in [6.07, 6.45) is 1.88. The first-order valence-electron chi connectivity index (χ1n) is 9.81. The van der Waals surface area contributed by atoms with Crippen LogP contribution < -0.4 is 0 Å². The van der Waals surface area contributed by atoms with E-state index < -0.39 is 0 Å². The largest absolute Gasteiger partial charge is 0.508 e. The van der Waals surface area contributed by atoms with Gasteiger partial charge in [0, 0.05) is 23.0 Å². The third kappa shape index (κ3) is 2.95. The van der Waals surface area contributed by atoms with Crippen molar-refractivity contribution in [3.05, 3.63) is 65.9 Å². The van der Waals surface area contributed by atoms with Crippen LogP contribution in [0.1, 0.15) is 52.7 Å². The summed E-state index contributed by atoms with van der Waals surface area (Å²) in [6, 6.07) is 16.4. The molecule has 0 amide bonds. The van der Waals surface area contributed by atoms with E-state index in [1.165, 1.54) is 16.3 Å². The maximum Gasteiger partial charge on any atom is 0.137 e. The summed E-state index contributed by atoms with van der Waals surface area (Å²) in [5, 5.41) is 12.9. The fourth-order valence-electron chi connectivity index (χ4n) is 3.93. The molecule has 3 nitrogen and oxygen atoms in total. The monoisotopic (exact) mass is 372 g/mol. The SMILES string of the molecule is CC(C)(C)c1ccnc(-n2c3ccccc3c3c(C(C)(C)C)cc(O)cc32)c1. The minimum atomic E-state index is -0.0906. The van der Waals surface area contributed by atoms with E-state index in [1.54, 1.807) is 0 Å². The van der Waals surface area contributed by atoms with E-state index in [9.17, 15) is 5.11 Å². The topological polar surface area (TPSA) is 38.0 Å². The summed E-state index contributed by atoms with van der Waals surface area (Å²) in [5.41, 5.74) is 4.42. The van der Waals surface area contributed by atoms with Gasteiger partial charge in [0.15, 0.2) is 0 Å². The maximum atomic E-state index is 10.5. The van der Waals surface area contributed by atoms with E-state index in [0.29, 0.717) is 0 Å². The number of aromatic nitrogens is 2. The van der Waals surface area contributed by atoms with Crippen LogP contribution in [0.2, 0.25) is 0 Å². The van der Waals surface area contributed by atoms with Crippen LogP contribution in [0, 0.1) is 0 Å². The van der Waals surface area contributed by atoms with Crippen LogP contribution >= 0.6 is 0 Å². The number of hydrogen-bond donors (Lipinski definition) is 1. The summed E-state index contributed by atoms with van der Waals surface area (Å²) in [5.74, 6) is 1.16. The van der Waals surface area contributed by atoms with Crippen LogP contribution in [0.4, 0.5) is 0 Å². The van der Waals surface area contributed by atoms with Crippen LogP contribution in [0.15, 0.2) is 54.7 Å². The van der Waals surface area contributed by atoms with Gasteiger partial charge in [-0.2, -0.15) is 0 Å². The molecule has 28 heavy (non-hydrogen) atoms. The zero-order valence-electron chi connectivity index (χ0n) is 17.5. The molecule has 4 aromatic rings. The van der Waals surface area contributed by atoms with Crippen molar-refractivity contribution < 1.29 is 5.11 Å². The number of phenolic OH excluding ortho intramolecular Hbond substituents is 1.